The van der Waals surface area contributed by atoms with Crippen molar-refractivity contribution in [1.29, 1.82) is 0 Å². The maximum Gasteiger partial charge on any atom is 0.328 e. The molecule has 1 aromatic carbocycles. The molecular formula is C25H34N4O6S3. The monoisotopic (exact) mass is 582 g/mol. The van der Waals surface area contributed by atoms with Crippen LogP contribution in [0, 0.1) is 11.3 Å². The van der Waals surface area contributed by atoms with Gasteiger partial charge >= 0.3 is 12.0 Å². The van der Waals surface area contributed by atoms with Gasteiger partial charge in [-0.2, -0.15) is 4.31 Å². The first-order valence-electron chi connectivity index (χ1n) is 12.6. The minimum Gasteiger partial charge on any atom is -0.481 e. The third-order valence-corrected chi connectivity index (χ3v) is 11.2. The van der Waals surface area contributed by atoms with Crippen molar-refractivity contribution in [2.45, 2.75) is 48.6 Å². The summed E-state index contributed by atoms with van der Waals surface area (Å²) in [6.07, 6.45) is 6.00. The number of carboxylic acid groups (broad SMARTS) is 1. The fraction of sp³-hybridized carbons (Fsp3) is 0.560. The second kappa shape index (κ2) is 12.3. The number of carbonyl (C=O) groups excluding carboxylic acids is 1. The summed E-state index contributed by atoms with van der Waals surface area (Å²) in [5.74, 6) is -0.113. The Balaban J connectivity index is 1.47. The first-order valence-corrected chi connectivity index (χ1v) is 15.9. The van der Waals surface area contributed by atoms with Crippen molar-refractivity contribution in [3.8, 4) is 0 Å². The van der Waals surface area contributed by atoms with Gasteiger partial charge in [-0.25, -0.2) is 18.2 Å². The minimum absolute atomic E-state index is 0.190. The lowest BCUT2D eigenvalue weighted by molar-refractivity contribution is -0.145. The van der Waals surface area contributed by atoms with Crippen LogP contribution in [-0.2, 0) is 19.6 Å². The quantitative estimate of drug-likeness (QED) is 0.389. The number of carbonyl (C=O) groups is 2. The van der Waals surface area contributed by atoms with Gasteiger partial charge in [0.05, 0.1) is 33.9 Å². The molecule has 38 heavy (non-hydrogen) atoms. The predicted octanol–water partition coefficient (Wildman–Crippen LogP) is 4.60. The molecule has 13 heteroatoms. The Bertz CT molecular complexity index is 1220. The number of thioether (sulfide) groups is 1. The summed E-state index contributed by atoms with van der Waals surface area (Å²) >= 11 is 2.69. The van der Waals surface area contributed by atoms with Crippen molar-refractivity contribution >= 4 is 55.9 Å². The molecule has 2 N–H and O–H groups in total. The number of ether oxygens (including phenoxy) is 1. The topological polar surface area (TPSA) is 129 Å². The van der Waals surface area contributed by atoms with Crippen molar-refractivity contribution in [3.63, 3.8) is 0 Å². The summed E-state index contributed by atoms with van der Waals surface area (Å²) < 4.78 is 33.5. The van der Waals surface area contributed by atoms with E-state index in [4.69, 9.17) is 4.74 Å². The maximum atomic E-state index is 13.4. The Morgan fingerprint density at radius 2 is 1.87 bits per heavy atom. The summed E-state index contributed by atoms with van der Waals surface area (Å²) in [5.41, 5.74) is -0.262. The van der Waals surface area contributed by atoms with Crippen LogP contribution in [0.15, 0.2) is 39.6 Å². The van der Waals surface area contributed by atoms with Crippen LogP contribution in [0.3, 0.4) is 0 Å². The molecule has 0 bridgehead atoms. The molecule has 1 aromatic heterocycles. The molecule has 10 nitrogen and oxygen atoms in total. The Hall–Kier alpha value is -2.19. The first kappa shape index (κ1) is 28.8. The van der Waals surface area contributed by atoms with Crippen LogP contribution in [0.1, 0.15) is 39.5 Å². The highest BCUT2D eigenvalue weighted by Crippen LogP contribution is 2.34. The fourth-order valence-electron chi connectivity index (χ4n) is 4.35. The molecule has 2 amide bonds. The van der Waals surface area contributed by atoms with Gasteiger partial charge in [-0.3, -0.25) is 15.0 Å². The number of amides is 2. The largest absolute Gasteiger partial charge is 0.481 e. The van der Waals surface area contributed by atoms with E-state index < -0.39 is 21.4 Å². The van der Waals surface area contributed by atoms with Crippen LogP contribution in [0.2, 0.25) is 0 Å². The molecule has 1 aliphatic heterocycles. The number of morpholine rings is 1. The SMILES string of the molecule is CC(C)(CSc1cnc(NC(=O)N(CC2CCCC2)c2ccc(S(=O)(=O)N3CCOCC3)cc2)s1)C(=O)O. The van der Waals surface area contributed by atoms with Gasteiger partial charge in [0.25, 0.3) is 0 Å². The van der Waals surface area contributed by atoms with Crippen LogP contribution in [0.25, 0.3) is 0 Å². The number of rotatable bonds is 10. The highest BCUT2D eigenvalue weighted by atomic mass is 32.2. The molecular weight excluding hydrogens is 548 g/mol. The normalized spacial score (nSPS) is 17.4. The van der Waals surface area contributed by atoms with Crippen molar-refractivity contribution < 1.29 is 27.9 Å². The number of aromatic nitrogens is 1. The maximum absolute atomic E-state index is 13.4. The van der Waals surface area contributed by atoms with Gasteiger partial charge in [-0.15, -0.1) is 11.8 Å². The van der Waals surface area contributed by atoms with E-state index in [1.54, 1.807) is 49.2 Å². The van der Waals surface area contributed by atoms with E-state index in [0.29, 0.717) is 55.3 Å². The second-order valence-corrected chi connectivity index (χ2v) is 14.4. The number of nitrogens with one attached hydrogen (secondary N) is 1. The van der Waals surface area contributed by atoms with Crippen LogP contribution in [0.4, 0.5) is 15.6 Å². The van der Waals surface area contributed by atoms with E-state index in [1.165, 1.54) is 27.4 Å². The summed E-state index contributed by atoms with van der Waals surface area (Å²) in [5, 5.41) is 12.6. The highest BCUT2D eigenvalue weighted by Gasteiger charge is 2.29. The third-order valence-electron chi connectivity index (χ3n) is 6.77. The number of aliphatic carboxylic acids is 1. The predicted molar refractivity (Wildman–Crippen MR) is 149 cm³/mol. The van der Waals surface area contributed by atoms with E-state index in [1.807, 2.05) is 0 Å². The molecule has 1 saturated carbocycles. The van der Waals surface area contributed by atoms with E-state index in [0.717, 1.165) is 29.9 Å². The molecule has 1 aliphatic carbocycles. The minimum atomic E-state index is -3.63. The fourth-order valence-corrected chi connectivity index (χ4v) is 7.70. The highest BCUT2D eigenvalue weighted by molar-refractivity contribution is 8.01. The molecule has 2 aliphatic rings. The number of thiazole rings is 1. The van der Waals surface area contributed by atoms with Crippen LogP contribution >= 0.6 is 23.1 Å². The van der Waals surface area contributed by atoms with E-state index in [9.17, 15) is 23.1 Å². The lowest BCUT2D eigenvalue weighted by Gasteiger charge is -2.27. The van der Waals surface area contributed by atoms with Crippen LogP contribution in [-0.4, -0.2) is 73.4 Å². The van der Waals surface area contributed by atoms with Crippen molar-refractivity contribution in [1.82, 2.24) is 9.29 Å². The van der Waals surface area contributed by atoms with Gasteiger partial charge in [-0.1, -0.05) is 24.2 Å². The molecule has 0 atom stereocenters. The van der Waals surface area contributed by atoms with Crippen LogP contribution < -0.4 is 10.2 Å². The number of sulfonamides is 1. The lowest BCUT2D eigenvalue weighted by atomic mass is 9.97. The molecule has 0 unspecified atom stereocenters. The molecule has 4 rings (SSSR count). The van der Waals surface area contributed by atoms with E-state index in [-0.39, 0.29) is 10.9 Å². The summed E-state index contributed by atoms with van der Waals surface area (Å²) in [4.78, 5) is 30.9. The standard InChI is InChI=1S/C25H34N4O6S3/c1-25(2,22(30)31)17-36-21-15-26-23(37-21)27-24(32)29(16-18-5-3-4-6-18)19-7-9-20(10-8-19)38(33,34)28-11-13-35-14-12-28/h7-10,15,18H,3-6,11-14,16-17H2,1-2H3,(H,30,31)(H,26,27,32). The zero-order valence-corrected chi connectivity index (χ0v) is 24.0. The molecule has 2 fully saturated rings. The van der Waals surface area contributed by atoms with Gasteiger partial charge in [0.15, 0.2) is 5.13 Å². The van der Waals surface area contributed by atoms with Crippen molar-refractivity contribution in [2.24, 2.45) is 11.3 Å². The van der Waals surface area contributed by atoms with Gasteiger partial charge in [-0.05, 0) is 56.9 Å². The molecule has 2 aromatic rings. The number of urea groups is 1. The third kappa shape index (κ3) is 7.06. The smallest absolute Gasteiger partial charge is 0.328 e. The van der Waals surface area contributed by atoms with E-state index >= 15 is 0 Å². The van der Waals surface area contributed by atoms with Crippen molar-refractivity contribution in [2.75, 3.05) is 48.8 Å². The van der Waals surface area contributed by atoms with Gasteiger partial charge in [0, 0.05) is 31.1 Å². The lowest BCUT2D eigenvalue weighted by Crippen LogP contribution is -2.40. The average Bonchev–Trinajstić information content (AvgIpc) is 3.59. The molecule has 2 heterocycles. The summed E-state index contributed by atoms with van der Waals surface area (Å²) in [6.45, 7) is 5.27. The number of benzene rings is 1. The number of hydrogen-bond donors (Lipinski definition) is 2. The second-order valence-electron chi connectivity index (χ2n) is 10.2. The van der Waals surface area contributed by atoms with Gasteiger partial charge in [0.2, 0.25) is 10.0 Å². The van der Waals surface area contributed by atoms with Crippen LogP contribution in [0.5, 0.6) is 0 Å². The molecule has 0 radical (unpaired) electrons. The van der Waals surface area contributed by atoms with E-state index in [2.05, 4.69) is 10.3 Å². The molecule has 1 saturated heterocycles. The summed E-state index contributed by atoms with van der Waals surface area (Å²) in [6, 6.07) is 6.13. The van der Waals surface area contributed by atoms with Gasteiger partial charge < -0.3 is 9.84 Å². The first-order chi connectivity index (χ1) is 18.1. The summed E-state index contributed by atoms with van der Waals surface area (Å²) in [7, 11) is -3.63. The zero-order valence-electron chi connectivity index (χ0n) is 21.6. The number of nitrogens with zero attached hydrogens (tertiary/aromatic N) is 3. The molecule has 0 spiro atoms. The Morgan fingerprint density at radius 1 is 1.21 bits per heavy atom. The Morgan fingerprint density at radius 3 is 2.50 bits per heavy atom. The number of anilines is 2. The molecule has 208 valence electrons. The number of hydrogen-bond acceptors (Lipinski definition) is 8. The van der Waals surface area contributed by atoms with Crippen molar-refractivity contribution in [3.05, 3.63) is 30.5 Å². The Kier molecular flexibility index (Phi) is 9.35. The average molecular weight is 583 g/mol. The number of carboxylic acids is 1. The van der Waals surface area contributed by atoms with Gasteiger partial charge in [0.1, 0.15) is 0 Å². The zero-order chi connectivity index (χ0) is 27.3. The Labute approximate surface area is 231 Å².